The Kier molecular flexibility index (Phi) is 7.27. The molecule has 2 rings (SSSR count). The summed E-state index contributed by atoms with van der Waals surface area (Å²) < 4.78 is 17.4. The fourth-order valence-electron chi connectivity index (χ4n) is 1.78. The smallest absolute Gasteiger partial charge is 0.277 e. The zero-order valence-electron chi connectivity index (χ0n) is 13.6. The second kappa shape index (κ2) is 9.43. The monoisotopic (exact) mass is 470 g/mol. The molecule has 6 nitrogen and oxygen atoms in total. The van der Waals surface area contributed by atoms with Gasteiger partial charge in [0.05, 0.1) is 23.6 Å². The summed E-state index contributed by atoms with van der Waals surface area (Å²) in [7, 11) is 1.53. The van der Waals surface area contributed by atoms with E-state index >= 15 is 0 Å². The third-order valence-electron chi connectivity index (χ3n) is 2.93. The summed E-state index contributed by atoms with van der Waals surface area (Å²) in [5, 5.41) is 3.97. The van der Waals surface area contributed by atoms with E-state index in [1.165, 1.54) is 7.11 Å². The Bertz CT molecular complexity index is 786. The Balaban J connectivity index is 1.90. The van der Waals surface area contributed by atoms with Gasteiger partial charge in [0.15, 0.2) is 18.1 Å². The molecule has 0 aliphatic carbocycles. The van der Waals surface area contributed by atoms with Gasteiger partial charge in [-0.1, -0.05) is 15.9 Å². The minimum absolute atomic E-state index is 0.199. The maximum absolute atomic E-state index is 11.9. The van der Waals surface area contributed by atoms with Crippen molar-refractivity contribution in [3.05, 3.63) is 51.3 Å². The lowest BCUT2D eigenvalue weighted by Gasteiger charge is -2.12. The summed E-state index contributed by atoms with van der Waals surface area (Å²) in [5.74, 6) is 1.27. The first-order chi connectivity index (χ1) is 12.0. The number of rotatable bonds is 7. The average molecular weight is 472 g/mol. The highest BCUT2D eigenvalue weighted by Gasteiger charge is 2.12. The van der Waals surface area contributed by atoms with Crippen molar-refractivity contribution < 1.29 is 18.7 Å². The molecule has 1 N–H and O–H groups in total. The van der Waals surface area contributed by atoms with Gasteiger partial charge in [0.2, 0.25) is 0 Å². The molecule has 0 saturated carbocycles. The van der Waals surface area contributed by atoms with Crippen molar-refractivity contribution in [2.45, 2.75) is 6.92 Å². The molecule has 0 saturated heterocycles. The summed E-state index contributed by atoms with van der Waals surface area (Å²) >= 11 is 6.74. The number of hydrogen-bond donors (Lipinski definition) is 1. The average Bonchev–Trinajstić information content (AvgIpc) is 3.10. The van der Waals surface area contributed by atoms with E-state index in [0.29, 0.717) is 27.4 Å². The van der Waals surface area contributed by atoms with Crippen molar-refractivity contribution in [2.24, 2.45) is 5.10 Å². The van der Waals surface area contributed by atoms with Gasteiger partial charge in [-0.05, 0) is 59.3 Å². The number of hydrogen-bond acceptors (Lipinski definition) is 5. The maximum atomic E-state index is 11.9. The lowest BCUT2D eigenvalue weighted by molar-refractivity contribution is -0.123. The number of furan rings is 1. The van der Waals surface area contributed by atoms with Gasteiger partial charge in [0.25, 0.3) is 5.91 Å². The number of ether oxygens (including phenoxy) is 2. The normalized spacial score (nSPS) is 11.6. The van der Waals surface area contributed by atoms with Gasteiger partial charge in [-0.3, -0.25) is 4.79 Å². The van der Waals surface area contributed by atoms with Crippen LogP contribution in [0.1, 0.15) is 12.7 Å². The van der Waals surface area contributed by atoms with Gasteiger partial charge in [0, 0.05) is 4.47 Å². The SMILES string of the molecule is COc1cc(Br)cc(Br)c1OCC(=O)N/N=C(C)/C=C/c1ccco1. The molecular formula is C17H16Br2N2O4. The summed E-state index contributed by atoms with van der Waals surface area (Å²) in [4.78, 5) is 11.9. The van der Waals surface area contributed by atoms with Gasteiger partial charge >= 0.3 is 0 Å². The minimum atomic E-state index is -0.386. The van der Waals surface area contributed by atoms with Crippen LogP contribution in [0, 0.1) is 0 Å². The minimum Gasteiger partial charge on any atom is -0.493 e. The molecule has 0 spiro atoms. The number of nitrogens with zero attached hydrogens (tertiary/aromatic N) is 1. The van der Waals surface area contributed by atoms with Gasteiger partial charge in [-0.25, -0.2) is 5.43 Å². The molecule has 0 unspecified atom stereocenters. The number of benzene rings is 1. The zero-order chi connectivity index (χ0) is 18.2. The van der Waals surface area contributed by atoms with E-state index in [1.807, 2.05) is 6.07 Å². The number of carbonyl (C=O) groups is 1. The number of carbonyl (C=O) groups excluding carboxylic acids is 1. The van der Waals surface area contributed by atoms with Gasteiger partial charge in [-0.2, -0.15) is 5.10 Å². The molecule has 0 aliphatic rings. The molecule has 25 heavy (non-hydrogen) atoms. The van der Waals surface area contributed by atoms with Crippen molar-refractivity contribution >= 4 is 49.6 Å². The van der Waals surface area contributed by atoms with Gasteiger partial charge in [-0.15, -0.1) is 0 Å². The summed E-state index contributed by atoms with van der Waals surface area (Å²) in [6.45, 7) is 1.56. The number of allylic oxidation sites excluding steroid dienone is 1. The highest BCUT2D eigenvalue weighted by molar-refractivity contribution is 9.11. The standard InChI is InChI=1S/C17H16Br2N2O4/c1-11(5-6-13-4-3-7-24-13)20-21-16(22)10-25-17-14(19)8-12(18)9-15(17)23-2/h3-9H,10H2,1-2H3,(H,21,22)/b6-5+,20-11+. The van der Waals surface area contributed by atoms with Crippen LogP contribution in [0.4, 0.5) is 0 Å². The Morgan fingerprint density at radius 3 is 2.88 bits per heavy atom. The molecule has 1 aromatic carbocycles. The zero-order valence-corrected chi connectivity index (χ0v) is 16.8. The first kappa shape index (κ1) is 19.3. The van der Waals surface area contributed by atoms with Crippen molar-refractivity contribution in [3.63, 3.8) is 0 Å². The van der Waals surface area contributed by atoms with Crippen LogP contribution in [0.3, 0.4) is 0 Å². The Labute approximate surface area is 162 Å². The van der Waals surface area contributed by atoms with E-state index in [4.69, 9.17) is 13.9 Å². The highest BCUT2D eigenvalue weighted by atomic mass is 79.9. The van der Waals surface area contributed by atoms with E-state index < -0.39 is 0 Å². The second-order valence-electron chi connectivity index (χ2n) is 4.84. The van der Waals surface area contributed by atoms with Crippen molar-refractivity contribution in [3.8, 4) is 11.5 Å². The van der Waals surface area contributed by atoms with E-state index in [-0.39, 0.29) is 12.5 Å². The Morgan fingerprint density at radius 2 is 2.20 bits per heavy atom. The van der Waals surface area contributed by atoms with Crippen LogP contribution in [0.25, 0.3) is 6.08 Å². The van der Waals surface area contributed by atoms with Crippen LogP contribution in [-0.2, 0) is 4.79 Å². The molecular weight excluding hydrogens is 456 g/mol. The van der Waals surface area contributed by atoms with E-state index in [2.05, 4.69) is 42.4 Å². The van der Waals surface area contributed by atoms with Crippen LogP contribution in [0.5, 0.6) is 11.5 Å². The highest BCUT2D eigenvalue weighted by Crippen LogP contribution is 2.38. The Hall–Kier alpha value is -2.06. The molecule has 0 fully saturated rings. The molecule has 0 bridgehead atoms. The maximum Gasteiger partial charge on any atom is 0.277 e. The summed E-state index contributed by atoms with van der Waals surface area (Å²) in [5.41, 5.74) is 3.05. The predicted molar refractivity (Wildman–Crippen MR) is 103 cm³/mol. The first-order valence-corrected chi connectivity index (χ1v) is 8.78. The molecule has 8 heteroatoms. The number of hydrazone groups is 1. The largest absolute Gasteiger partial charge is 0.493 e. The summed E-state index contributed by atoms with van der Waals surface area (Å²) in [6.07, 6.45) is 5.07. The fourth-order valence-corrected chi connectivity index (χ4v) is 3.08. The van der Waals surface area contributed by atoms with Crippen molar-refractivity contribution in [2.75, 3.05) is 13.7 Å². The summed E-state index contributed by atoms with van der Waals surface area (Å²) in [6, 6.07) is 7.16. The van der Waals surface area contributed by atoms with Crippen molar-refractivity contribution in [1.82, 2.24) is 5.43 Å². The third kappa shape index (κ3) is 6.06. The Morgan fingerprint density at radius 1 is 1.40 bits per heavy atom. The topological polar surface area (TPSA) is 73.1 Å². The van der Waals surface area contributed by atoms with Crippen LogP contribution in [0.2, 0.25) is 0 Å². The number of methoxy groups -OCH3 is 1. The predicted octanol–water partition coefficient (Wildman–Crippen LogP) is 4.40. The van der Waals surface area contributed by atoms with Crippen LogP contribution in [0.15, 0.2) is 55.1 Å². The number of amides is 1. The number of nitrogens with one attached hydrogen (secondary N) is 1. The van der Waals surface area contributed by atoms with Crippen LogP contribution >= 0.6 is 31.9 Å². The molecule has 132 valence electrons. The first-order valence-electron chi connectivity index (χ1n) is 7.20. The molecule has 0 atom stereocenters. The molecule has 1 amide bonds. The van der Waals surface area contributed by atoms with Crippen LogP contribution in [-0.4, -0.2) is 25.3 Å². The van der Waals surface area contributed by atoms with E-state index in [9.17, 15) is 4.79 Å². The molecule has 2 aromatic rings. The van der Waals surface area contributed by atoms with E-state index in [1.54, 1.807) is 43.5 Å². The van der Waals surface area contributed by atoms with Crippen molar-refractivity contribution in [1.29, 1.82) is 0 Å². The lowest BCUT2D eigenvalue weighted by atomic mass is 10.3. The quantitative estimate of drug-likeness (QED) is 0.479. The van der Waals surface area contributed by atoms with Gasteiger partial charge in [0.1, 0.15) is 5.76 Å². The number of halogens is 2. The second-order valence-corrected chi connectivity index (χ2v) is 6.61. The van der Waals surface area contributed by atoms with Crippen LogP contribution < -0.4 is 14.9 Å². The fraction of sp³-hybridized carbons (Fsp3) is 0.176. The van der Waals surface area contributed by atoms with E-state index in [0.717, 1.165) is 4.47 Å². The molecule has 1 heterocycles. The van der Waals surface area contributed by atoms with Gasteiger partial charge < -0.3 is 13.9 Å². The molecule has 1 aromatic heterocycles. The third-order valence-corrected chi connectivity index (χ3v) is 3.98. The molecule has 0 radical (unpaired) electrons. The molecule has 0 aliphatic heterocycles. The lowest BCUT2D eigenvalue weighted by Crippen LogP contribution is -2.25.